The smallest absolute Gasteiger partial charge is 0.0991 e. The lowest BCUT2D eigenvalue weighted by Gasteiger charge is -2.11. The summed E-state index contributed by atoms with van der Waals surface area (Å²) < 4.78 is 0. The summed E-state index contributed by atoms with van der Waals surface area (Å²) in [4.78, 5) is 3.33. The van der Waals surface area contributed by atoms with Crippen molar-refractivity contribution in [2.75, 3.05) is 7.05 Å². The average Bonchev–Trinajstić information content (AvgIpc) is 3.14. The standard InChI is InChI=1S/C19H16ClN3/c1-22-19-8-15(14-7-12(20)3-4-13(14)19)17-10-23-18-5-2-11(9-21)6-16(17)18/h2-7,10,15,19,22-23H,8H2,1H3/t15-,19+/m1/s1. The molecule has 2 N–H and O–H groups in total. The molecule has 1 heterocycles. The van der Waals surface area contributed by atoms with Crippen LogP contribution in [0.2, 0.25) is 5.02 Å². The van der Waals surface area contributed by atoms with Gasteiger partial charge in [-0.3, -0.25) is 0 Å². The first-order valence-electron chi connectivity index (χ1n) is 7.69. The molecule has 0 bridgehead atoms. The van der Waals surface area contributed by atoms with Crippen LogP contribution in [0.4, 0.5) is 0 Å². The summed E-state index contributed by atoms with van der Waals surface area (Å²) in [7, 11) is 1.99. The van der Waals surface area contributed by atoms with Crippen molar-refractivity contribution in [2.45, 2.75) is 18.4 Å². The van der Waals surface area contributed by atoms with E-state index in [1.807, 2.05) is 31.3 Å². The molecule has 0 spiro atoms. The fourth-order valence-electron chi connectivity index (χ4n) is 3.72. The minimum absolute atomic E-state index is 0.281. The van der Waals surface area contributed by atoms with Gasteiger partial charge >= 0.3 is 0 Å². The molecule has 3 aromatic rings. The third kappa shape index (κ3) is 2.23. The second-order valence-electron chi connectivity index (χ2n) is 6.02. The van der Waals surface area contributed by atoms with Gasteiger partial charge in [-0.05, 0) is 60.5 Å². The maximum Gasteiger partial charge on any atom is 0.0991 e. The number of benzene rings is 2. The highest BCUT2D eigenvalue weighted by Crippen LogP contribution is 2.46. The van der Waals surface area contributed by atoms with Gasteiger partial charge in [0.1, 0.15) is 0 Å². The number of fused-ring (bicyclic) bond motifs is 2. The minimum Gasteiger partial charge on any atom is -0.361 e. The van der Waals surface area contributed by atoms with Gasteiger partial charge in [0.15, 0.2) is 0 Å². The highest BCUT2D eigenvalue weighted by Gasteiger charge is 2.32. The van der Waals surface area contributed by atoms with Crippen LogP contribution in [-0.4, -0.2) is 12.0 Å². The molecule has 1 aliphatic rings. The fourth-order valence-corrected chi connectivity index (χ4v) is 3.90. The Morgan fingerprint density at radius 1 is 1.17 bits per heavy atom. The first-order valence-corrected chi connectivity index (χ1v) is 8.07. The summed E-state index contributed by atoms with van der Waals surface area (Å²) in [5.41, 5.74) is 5.58. The number of nitrogens with one attached hydrogen (secondary N) is 2. The van der Waals surface area contributed by atoms with Gasteiger partial charge < -0.3 is 10.3 Å². The van der Waals surface area contributed by atoms with Crippen molar-refractivity contribution in [1.82, 2.24) is 10.3 Å². The molecule has 114 valence electrons. The Balaban J connectivity index is 1.89. The molecule has 2 atom stereocenters. The van der Waals surface area contributed by atoms with Crippen molar-refractivity contribution in [3.8, 4) is 6.07 Å². The summed E-state index contributed by atoms with van der Waals surface area (Å²) in [5.74, 6) is 0.281. The summed E-state index contributed by atoms with van der Waals surface area (Å²) in [6.07, 6.45) is 3.06. The molecule has 23 heavy (non-hydrogen) atoms. The fraction of sp³-hybridized carbons (Fsp3) is 0.211. The van der Waals surface area contributed by atoms with E-state index in [0.717, 1.165) is 22.3 Å². The Hall–Kier alpha value is -2.28. The van der Waals surface area contributed by atoms with Gasteiger partial charge in [0.05, 0.1) is 11.6 Å². The number of nitriles is 1. The van der Waals surface area contributed by atoms with E-state index in [2.05, 4.69) is 34.7 Å². The van der Waals surface area contributed by atoms with Crippen LogP contribution >= 0.6 is 11.6 Å². The molecule has 0 radical (unpaired) electrons. The van der Waals surface area contributed by atoms with E-state index in [-0.39, 0.29) is 5.92 Å². The zero-order chi connectivity index (χ0) is 16.0. The minimum atomic E-state index is 0.281. The largest absolute Gasteiger partial charge is 0.361 e. The molecule has 4 rings (SSSR count). The number of hydrogen-bond acceptors (Lipinski definition) is 2. The number of aromatic nitrogens is 1. The van der Waals surface area contributed by atoms with Gasteiger partial charge in [-0.2, -0.15) is 5.26 Å². The number of rotatable bonds is 2. The number of aromatic amines is 1. The molecule has 0 aliphatic heterocycles. The van der Waals surface area contributed by atoms with Crippen LogP contribution in [0, 0.1) is 11.3 Å². The average molecular weight is 322 g/mol. The van der Waals surface area contributed by atoms with Crippen molar-refractivity contribution in [3.05, 3.63) is 69.9 Å². The third-order valence-corrected chi connectivity index (χ3v) is 5.07. The Bertz CT molecular complexity index is 935. The van der Waals surface area contributed by atoms with Crippen LogP contribution in [0.3, 0.4) is 0 Å². The zero-order valence-corrected chi connectivity index (χ0v) is 13.5. The highest BCUT2D eigenvalue weighted by atomic mass is 35.5. The predicted molar refractivity (Wildman–Crippen MR) is 92.7 cm³/mol. The van der Waals surface area contributed by atoms with Crippen LogP contribution in [0.25, 0.3) is 10.9 Å². The van der Waals surface area contributed by atoms with Crippen LogP contribution in [-0.2, 0) is 0 Å². The molecule has 1 aromatic heterocycles. The first kappa shape index (κ1) is 14.3. The number of nitrogens with zero attached hydrogens (tertiary/aromatic N) is 1. The summed E-state index contributed by atoms with van der Waals surface area (Å²) >= 11 is 6.24. The number of hydrogen-bond donors (Lipinski definition) is 2. The van der Waals surface area contributed by atoms with Crippen LogP contribution in [0.1, 0.15) is 40.6 Å². The molecule has 2 aromatic carbocycles. The predicted octanol–water partition coefficient (Wildman–Crippen LogP) is 4.49. The van der Waals surface area contributed by atoms with Crippen molar-refractivity contribution in [3.63, 3.8) is 0 Å². The molecule has 0 saturated carbocycles. The molecular weight excluding hydrogens is 306 g/mol. The highest BCUT2D eigenvalue weighted by molar-refractivity contribution is 6.30. The molecular formula is C19H16ClN3. The first-order chi connectivity index (χ1) is 11.2. The molecule has 0 fully saturated rings. The third-order valence-electron chi connectivity index (χ3n) is 4.84. The summed E-state index contributed by atoms with van der Waals surface area (Å²) in [5, 5.41) is 14.5. The molecule has 0 amide bonds. The van der Waals surface area contributed by atoms with Gasteiger partial charge in [-0.1, -0.05) is 17.7 Å². The summed E-state index contributed by atoms with van der Waals surface area (Å²) in [6.45, 7) is 0. The maximum absolute atomic E-state index is 9.18. The summed E-state index contributed by atoms with van der Waals surface area (Å²) in [6, 6.07) is 14.5. The van der Waals surface area contributed by atoms with E-state index >= 15 is 0 Å². The maximum atomic E-state index is 9.18. The van der Waals surface area contributed by atoms with E-state index in [1.54, 1.807) is 0 Å². The second kappa shape index (κ2) is 5.42. The monoisotopic (exact) mass is 321 g/mol. The Morgan fingerprint density at radius 2 is 2.04 bits per heavy atom. The van der Waals surface area contributed by atoms with Gasteiger partial charge in [-0.15, -0.1) is 0 Å². The van der Waals surface area contributed by atoms with E-state index in [9.17, 15) is 5.26 Å². The SMILES string of the molecule is CN[C@H]1C[C@@H](c2c[nH]c3ccc(C#N)cc23)c2cc(Cl)ccc21. The van der Waals surface area contributed by atoms with E-state index < -0.39 is 0 Å². The van der Waals surface area contributed by atoms with Crippen molar-refractivity contribution in [1.29, 1.82) is 5.26 Å². The molecule has 0 unspecified atom stereocenters. The van der Waals surface area contributed by atoms with E-state index in [1.165, 1.54) is 16.7 Å². The van der Waals surface area contributed by atoms with Crippen LogP contribution in [0.5, 0.6) is 0 Å². The van der Waals surface area contributed by atoms with Gasteiger partial charge in [0.2, 0.25) is 0 Å². The second-order valence-corrected chi connectivity index (χ2v) is 6.46. The molecule has 3 nitrogen and oxygen atoms in total. The van der Waals surface area contributed by atoms with Crippen LogP contribution in [0.15, 0.2) is 42.6 Å². The van der Waals surface area contributed by atoms with Gasteiger partial charge in [0, 0.05) is 34.1 Å². The quantitative estimate of drug-likeness (QED) is 0.730. The van der Waals surface area contributed by atoms with Crippen molar-refractivity contribution >= 4 is 22.5 Å². The Morgan fingerprint density at radius 3 is 2.83 bits per heavy atom. The zero-order valence-electron chi connectivity index (χ0n) is 12.7. The van der Waals surface area contributed by atoms with E-state index in [0.29, 0.717) is 11.6 Å². The normalized spacial score (nSPS) is 19.7. The van der Waals surface area contributed by atoms with Gasteiger partial charge in [0.25, 0.3) is 0 Å². The number of halogens is 1. The Kier molecular flexibility index (Phi) is 3.37. The lowest BCUT2D eigenvalue weighted by Crippen LogP contribution is -2.13. The topological polar surface area (TPSA) is 51.6 Å². The van der Waals surface area contributed by atoms with E-state index in [4.69, 9.17) is 11.6 Å². The molecule has 0 saturated heterocycles. The van der Waals surface area contributed by atoms with Crippen LogP contribution < -0.4 is 5.32 Å². The van der Waals surface area contributed by atoms with Gasteiger partial charge in [-0.25, -0.2) is 0 Å². The van der Waals surface area contributed by atoms with Crippen molar-refractivity contribution in [2.24, 2.45) is 0 Å². The lowest BCUT2D eigenvalue weighted by molar-refractivity contribution is 0.566. The molecule has 1 aliphatic carbocycles. The lowest BCUT2D eigenvalue weighted by atomic mass is 9.92. The number of H-pyrrole nitrogens is 1. The Labute approximate surface area is 139 Å². The molecule has 4 heteroatoms. The van der Waals surface area contributed by atoms with Crippen molar-refractivity contribution < 1.29 is 0 Å².